The van der Waals surface area contributed by atoms with Crippen LogP contribution in [0.2, 0.25) is 0 Å². The van der Waals surface area contributed by atoms with Gasteiger partial charge in [-0.1, -0.05) is 21.0 Å². The number of nitrogens with one attached hydrogen (secondary N) is 1. The first-order valence-electron chi connectivity index (χ1n) is 8.90. The van der Waals surface area contributed by atoms with Crippen LogP contribution in [0.5, 0.6) is 0 Å². The van der Waals surface area contributed by atoms with E-state index in [1.807, 2.05) is 0 Å². The average Bonchev–Trinajstić information content (AvgIpc) is 2.67. The fraction of sp³-hybridized carbons (Fsp3) is 0.444. The lowest BCUT2D eigenvalue weighted by molar-refractivity contribution is -0.241. The molecule has 1 aromatic carbocycles. The number of carbonyl (C=O) groups is 4. The van der Waals surface area contributed by atoms with Crippen molar-refractivity contribution in [2.24, 2.45) is 5.11 Å². The van der Waals surface area contributed by atoms with Crippen molar-refractivity contribution >= 4 is 45.4 Å². The number of hydrogen-bond acceptors (Lipinski definition) is 9. The van der Waals surface area contributed by atoms with E-state index in [1.165, 1.54) is 0 Å². The third-order valence-electron chi connectivity index (χ3n) is 3.95. The highest BCUT2D eigenvalue weighted by Gasteiger charge is 2.54. The molecule has 1 N–H and O–H groups in total. The lowest BCUT2D eigenvalue weighted by Crippen LogP contribution is -2.63. The molecule has 0 aromatic heterocycles. The molecule has 12 nitrogen and oxygen atoms in total. The zero-order valence-corrected chi connectivity index (χ0v) is 18.3. The smallest absolute Gasteiger partial charge is 0.303 e. The standard InChI is InChI=1S/C18H19BrN4O8/c1-8(24)28-13-14(29-9(2)25)16(30-10(3)26)18(22-23-20)31-15(13)17(27)21-12-6-4-11(19)5-7-12/h4-7,13-16,18H,1-3H3,(H,21,27)/t13-,14-,15-,16+,18-/m0/s1. The maximum Gasteiger partial charge on any atom is 0.303 e. The van der Waals surface area contributed by atoms with Crippen molar-refractivity contribution in [2.75, 3.05) is 5.32 Å². The molecule has 0 bridgehead atoms. The number of ether oxygens (including phenoxy) is 4. The number of amides is 1. The fourth-order valence-electron chi connectivity index (χ4n) is 2.89. The number of halogens is 1. The van der Waals surface area contributed by atoms with Crippen LogP contribution in [0, 0.1) is 0 Å². The molecule has 166 valence electrons. The van der Waals surface area contributed by atoms with Crippen LogP contribution < -0.4 is 5.32 Å². The summed E-state index contributed by atoms with van der Waals surface area (Å²) in [5.74, 6) is -3.20. The van der Waals surface area contributed by atoms with E-state index in [0.717, 1.165) is 25.2 Å². The second-order valence-corrected chi connectivity index (χ2v) is 7.29. The van der Waals surface area contributed by atoms with Gasteiger partial charge in [-0.05, 0) is 29.8 Å². The number of hydrogen-bond donors (Lipinski definition) is 1. The lowest BCUT2D eigenvalue weighted by Gasteiger charge is -2.42. The van der Waals surface area contributed by atoms with Crippen molar-refractivity contribution in [2.45, 2.75) is 51.4 Å². The van der Waals surface area contributed by atoms with Gasteiger partial charge < -0.3 is 24.3 Å². The largest absolute Gasteiger partial charge is 0.455 e. The molecule has 5 atom stereocenters. The summed E-state index contributed by atoms with van der Waals surface area (Å²) in [4.78, 5) is 50.5. The number of carbonyl (C=O) groups excluding carboxylic acids is 4. The van der Waals surface area contributed by atoms with Crippen LogP contribution in [0.25, 0.3) is 10.4 Å². The van der Waals surface area contributed by atoms with Gasteiger partial charge in [0.1, 0.15) is 0 Å². The molecule has 1 saturated heterocycles. The maximum absolute atomic E-state index is 12.9. The molecule has 0 unspecified atom stereocenters. The van der Waals surface area contributed by atoms with Crippen LogP contribution in [0.1, 0.15) is 20.8 Å². The van der Waals surface area contributed by atoms with Crippen molar-refractivity contribution in [3.8, 4) is 0 Å². The highest BCUT2D eigenvalue weighted by Crippen LogP contribution is 2.30. The minimum atomic E-state index is -1.56. The molecule has 0 spiro atoms. The minimum absolute atomic E-state index is 0.393. The lowest BCUT2D eigenvalue weighted by atomic mass is 9.96. The molecule has 1 fully saturated rings. The summed E-state index contributed by atoms with van der Waals surface area (Å²) in [6, 6.07) is 6.56. The number of rotatable bonds is 6. The first kappa shape index (κ1) is 24.1. The van der Waals surface area contributed by atoms with Gasteiger partial charge in [0, 0.05) is 35.8 Å². The Bertz CT molecular complexity index is 902. The summed E-state index contributed by atoms with van der Waals surface area (Å²) >= 11 is 3.28. The van der Waals surface area contributed by atoms with Gasteiger partial charge in [-0.3, -0.25) is 19.2 Å². The van der Waals surface area contributed by atoms with E-state index in [4.69, 9.17) is 24.5 Å². The van der Waals surface area contributed by atoms with Gasteiger partial charge in [-0.15, -0.1) is 0 Å². The molecule has 0 saturated carbocycles. The van der Waals surface area contributed by atoms with Gasteiger partial charge in [-0.25, -0.2) is 0 Å². The quantitative estimate of drug-likeness (QED) is 0.205. The number of nitrogens with zero attached hydrogens (tertiary/aromatic N) is 3. The van der Waals surface area contributed by atoms with Gasteiger partial charge in [0.15, 0.2) is 30.6 Å². The number of azide groups is 1. The normalized spacial score (nSPS) is 24.8. The van der Waals surface area contributed by atoms with Crippen LogP contribution in [-0.2, 0) is 38.1 Å². The molecule has 31 heavy (non-hydrogen) atoms. The highest BCUT2D eigenvalue weighted by atomic mass is 79.9. The second-order valence-electron chi connectivity index (χ2n) is 6.37. The van der Waals surface area contributed by atoms with Crippen molar-refractivity contribution in [1.82, 2.24) is 0 Å². The van der Waals surface area contributed by atoms with E-state index < -0.39 is 54.5 Å². The Morgan fingerprint density at radius 3 is 2.00 bits per heavy atom. The predicted octanol–water partition coefficient (Wildman–Crippen LogP) is 2.22. The van der Waals surface area contributed by atoms with Crippen LogP contribution in [0.3, 0.4) is 0 Å². The molecular weight excluding hydrogens is 480 g/mol. The molecule has 1 heterocycles. The first-order valence-corrected chi connectivity index (χ1v) is 9.69. The van der Waals surface area contributed by atoms with Crippen LogP contribution in [0.4, 0.5) is 5.69 Å². The average molecular weight is 499 g/mol. The SMILES string of the molecule is CC(=O)O[C@@H]1[C@@H](OC(C)=O)[C@@H](N=[N+]=[N-])O[C@H](C(=O)Nc2ccc(Br)cc2)[C@H]1OC(C)=O. The first-order chi connectivity index (χ1) is 14.6. The Morgan fingerprint density at radius 2 is 1.48 bits per heavy atom. The summed E-state index contributed by atoms with van der Waals surface area (Å²) < 4.78 is 21.8. The molecule has 0 aliphatic carbocycles. The molecular formula is C18H19BrN4O8. The Balaban J connectivity index is 2.45. The zero-order chi connectivity index (χ0) is 23.1. The number of anilines is 1. The topological polar surface area (TPSA) is 166 Å². The van der Waals surface area contributed by atoms with E-state index in [2.05, 4.69) is 31.3 Å². The molecule has 1 aliphatic heterocycles. The third kappa shape index (κ3) is 6.67. The summed E-state index contributed by atoms with van der Waals surface area (Å²) in [6.45, 7) is 3.23. The highest BCUT2D eigenvalue weighted by molar-refractivity contribution is 9.10. The zero-order valence-electron chi connectivity index (χ0n) is 16.7. The molecule has 13 heteroatoms. The van der Waals surface area contributed by atoms with E-state index in [9.17, 15) is 19.2 Å². The van der Waals surface area contributed by atoms with Crippen molar-refractivity contribution in [3.63, 3.8) is 0 Å². The summed E-state index contributed by atoms with van der Waals surface area (Å²) in [5.41, 5.74) is 9.27. The minimum Gasteiger partial charge on any atom is -0.455 e. The fourth-order valence-corrected chi connectivity index (χ4v) is 3.16. The third-order valence-corrected chi connectivity index (χ3v) is 4.48. The molecule has 0 radical (unpaired) electrons. The molecule has 1 aromatic rings. The van der Waals surface area contributed by atoms with Gasteiger partial charge in [0.05, 0.1) is 0 Å². The summed E-state index contributed by atoms with van der Waals surface area (Å²) in [6.07, 6.45) is -7.52. The van der Waals surface area contributed by atoms with Gasteiger partial charge in [0.2, 0.25) is 0 Å². The second kappa shape index (κ2) is 10.8. The van der Waals surface area contributed by atoms with Crippen molar-refractivity contribution in [3.05, 3.63) is 39.2 Å². The van der Waals surface area contributed by atoms with Crippen molar-refractivity contribution in [1.29, 1.82) is 0 Å². The van der Waals surface area contributed by atoms with Crippen LogP contribution in [0.15, 0.2) is 33.9 Å². The van der Waals surface area contributed by atoms with Crippen LogP contribution in [-0.4, -0.2) is 54.5 Å². The molecule has 1 aliphatic rings. The monoisotopic (exact) mass is 498 g/mol. The van der Waals surface area contributed by atoms with Crippen molar-refractivity contribution < 1.29 is 38.1 Å². The van der Waals surface area contributed by atoms with E-state index in [1.54, 1.807) is 24.3 Å². The molecule has 1 amide bonds. The van der Waals surface area contributed by atoms with Crippen LogP contribution >= 0.6 is 15.9 Å². The Hall–Kier alpha value is -3.15. The Labute approximate surface area is 184 Å². The number of esters is 3. The summed E-state index contributed by atoms with van der Waals surface area (Å²) in [7, 11) is 0. The maximum atomic E-state index is 12.9. The predicted molar refractivity (Wildman–Crippen MR) is 107 cm³/mol. The van der Waals surface area contributed by atoms with E-state index >= 15 is 0 Å². The van der Waals surface area contributed by atoms with E-state index in [-0.39, 0.29) is 0 Å². The van der Waals surface area contributed by atoms with Gasteiger partial charge >= 0.3 is 17.9 Å². The summed E-state index contributed by atoms with van der Waals surface area (Å²) in [5, 5.41) is 5.98. The van der Waals surface area contributed by atoms with Gasteiger partial charge in [-0.2, -0.15) is 0 Å². The Kier molecular flexibility index (Phi) is 8.37. The van der Waals surface area contributed by atoms with Gasteiger partial charge in [0.25, 0.3) is 5.91 Å². The molecule has 2 rings (SSSR count). The number of benzene rings is 1. The van der Waals surface area contributed by atoms with E-state index in [0.29, 0.717) is 5.69 Å². The Morgan fingerprint density at radius 1 is 0.968 bits per heavy atom.